The number of hydrogen-bond acceptors (Lipinski definition) is 5. The minimum absolute atomic E-state index is 0.125. The highest BCUT2D eigenvalue weighted by molar-refractivity contribution is 7.26. The van der Waals surface area contributed by atoms with E-state index in [0.29, 0.717) is 18.4 Å². The summed E-state index contributed by atoms with van der Waals surface area (Å²) in [5, 5.41) is 9.21. The molecule has 0 aliphatic carbocycles. The van der Waals surface area contributed by atoms with E-state index in [2.05, 4.69) is 15.3 Å². The molecule has 160 valence electrons. The summed E-state index contributed by atoms with van der Waals surface area (Å²) in [4.78, 5) is 28.7. The van der Waals surface area contributed by atoms with Gasteiger partial charge in [0.15, 0.2) is 0 Å². The standard InChI is InChI=1S/C23H30N4O2S/c1-3-18(22(28)24-12-15-26-13-8-4-5-9-14-26)27-23(29)20-17-10-6-7-11-19(17)30-21(20)16(2)25-27/h6-7,10-11,18H,3-5,8-9,12-15H2,1-2H3,(H,24,28). The van der Waals surface area contributed by atoms with Crippen molar-refractivity contribution in [2.75, 3.05) is 26.2 Å². The molecule has 4 rings (SSSR count). The van der Waals surface area contributed by atoms with Crippen LogP contribution in [0.4, 0.5) is 0 Å². The van der Waals surface area contributed by atoms with Gasteiger partial charge in [0.1, 0.15) is 6.04 Å². The van der Waals surface area contributed by atoms with Gasteiger partial charge in [-0.15, -0.1) is 11.3 Å². The van der Waals surface area contributed by atoms with Crippen LogP contribution in [0, 0.1) is 6.92 Å². The van der Waals surface area contributed by atoms with Crippen molar-refractivity contribution in [2.24, 2.45) is 0 Å². The number of fused-ring (bicyclic) bond motifs is 3. The summed E-state index contributed by atoms with van der Waals surface area (Å²) >= 11 is 1.59. The molecule has 7 heteroatoms. The van der Waals surface area contributed by atoms with Crippen molar-refractivity contribution < 1.29 is 4.79 Å². The number of aryl methyl sites for hydroxylation is 1. The van der Waals surface area contributed by atoms with Crippen LogP contribution in [-0.2, 0) is 4.79 Å². The van der Waals surface area contributed by atoms with Gasteiger partial charge < -0.3 is 10.2 Å². The first kappa shape index (κ1) is 21.0. The molecule has 2 aromatic heterocycles. The molecule has 1 aromatic carbocycles. The number of nitrogens with one attached hydrogen (secondary N) is 1. The Kier molecular flexibility index (Phi) is 6.49. The number of rotatable bonds is 6. The fourth-order valence-corrected chi connectivity index (χ4v) is 5.51. The highest BCUT2D eigenvalue weighted by Gasteiger charge is 2.24. The van der Waals surface area contributed by atoms with Crippen LogP contribution in [0.3, 0.4) is 0 Å². The smallest absolute Gasteiger partial charge is 0.276 e. The number of thiophene rings is 1. The number of amides is 1. The first-order valence-electron chi connectivity index (χ1n) is 11.0. The first-order chi connectivity index (χ1) is 14.6. The Morgan fingerprint density at radius 1 is 1.20 bits per heavy atom. The monoisotopic (exact) mass is 426 g/mol. The fraction of sp³-hybridized carbons (Fsp3) is 0.522. The normalized spacial score (nSPS) is 16.6. The molecule has 0 spiro atoms. The average Bonchev–Trinajstić information content (AvgIpc) is 2.95. The lowest BCUT2D eigenvalue weighted by molar-refractivity contribution is -0.124. The van der Waals surface area contributed by atoms with Crippen molar-refractivity contribution in [3.8, 4) is 0 Å². The topological polar surface area (TPSA) is 67.2 Å². The highest BCUT2D eigenvalue weighted by atomic mass is 32.1. The highest BCUT2D eigenvalue weighted by Crippen LogP contribution is 2.33. The minimum Gasteiger partial charge on any atom is -0.353 e. The van der Waals surface area contributed by atoms with Crippen LogP contribution in [0.25, 0.3) is 20.2 Å². The lowest BCUT2D eigenvalue weighted by Gasteiger charge is -2.21. The number of nitrogens with zero attached hydrogens (tertiary/aromatic N) is 3. The summed E-state index contributed by atoms with van der Waals surface area (Å²) in [6.45, 7) is 7.52. The van der Waals surface area contributed by atoms with Gasteiger partial charge in [-0.05, 0) is 45.3 Å². The maximum Gasteiger partial charge on any atom is 0.276 e. The average molecular weight is 427 g/mol. The minimum atomic E-state index is -0.594. The first-order valence-corrected chi connectivity index (χ1v) is 11.8. The van der Waals surface area contributed by atoms with Crippen molar-refractivity contribution in [3.05, 3.63) is 40.3 Å². The Hall–Kier alpha value is -2.25. The molecule has 0 saturated carbocycles. The van der Waals surface area contributed by atoms with Crippen molar-refractivity contribution in [2.45, 2.75) is 52.0 Å². The molecular weight excluding hydrogens is 396 g/mol. The number of carbonyl (C=O) groups is 1. The molecule has 1 atom stereocenters. The quantitative estimate of drug-likeness (QED) is 0.650. The summed E-state index contributed by atoms with van der Waals surface area (Å²) in [5.74, 6) is -0.125. The lowest BCUT2D eigenvalue weighted by Crippen LogP contribution is -2.41. The van der Waals surface area contributed by atoms with Crippen LogP contribution in [0.2, 0.25) is 0 Å². The molecule has 3 aromatic rings. The van der Waals surface area contributed by atoms with Crippen molar-refractivity contribution in [1.29, 1.82) is 0 Å². The van der Waals surface area contributed by atoms with Crippen LogP contribution in [-0.4, -0.2) is 46.8 Å². The molecule has 0 radical (unpaired) electrons. The SMILES string of the molecule is CCC(C(=O)NCCN1CCCCCC1)n1nc(C)c2sc3ccccc3c2c1=O. The van der Waals surface area contributed by atoms with Gasteiger partial charge >= 0.3 is 0 Å². The van der Waals surface area contributed by atoms with Crippen LogP contribution < -0.4 is 10.9 Å². The Balaban J connectivity index is 1.56. The number of hydrogen-bond donors (Lipinski definition) is 1. The van der Waals surface area contributed by atoms with Crippen molar-refractivity contribution >= 4 is 37.4 Å². The molecule has 1 amide bonds. The van der Waals surface area contributed by atoms with E-state index in [9.17, 15) is 9.59 Å². The van der Waals surface area contributed by atoms with Crippen molar-refractivity contribution in [1.82, 2.24) is 20.0 Å². The molecule has 6 nitrogen and oxygen atoms in total. The molecule has 1 aliphatic rings. The van der Waals surface area contributed by atoms with Gasteiger partial charge in [-0.3, -0.25) is 9.59 Å². The van der Waals surface area contributed by atoms with Crippen LogP contribution in [0.5, 0.6) is 0 Å². The number of carbonyl (C=O) groups excluding carboxylic acids is 1. The predicted octanol–water partition coefficient (Wildman–Crippen LogP) is 3.86. The molecule has 1 aliphatic heterocycles. The van der Waals surface area contributed by atoms with E-state index in [1.807, 2.05) is 38.1 Å². The van der Waals surface area contributed by atoms with Gasteiger partial charge in [0.25, 0.3) is 5.56 Å². The van der Waals surface area contributed by atoms with E-state index in [1.165, 1.54) is 30.4 Å². The second-order valence-electron chi connectivity index (χ2n) is 8.11. The largest absolute Gasteiger partial charge is 0.353 e. The maximum absolute atomic E-state index is 13.3. The van der Waals surface area contributed by atoms with E-state index < -0.39 is 6.04 Å². The van der Waals surface area contributed by atoms with Gasteiger partial charge in [-0.2, -0.15) is 5.10 Å². The van der Waals surface area contributed by atoms with Crippen molar-refractivity contribution in [3.63, 3.8) is 0 Å². The number of aromatic nitrogens is 2. The fourth-order valence-electron chi connectivity index (χ4n) is 4.37. The Morgan fingerprint density at radius 2 is 1.93 bits per heavy atom. The third kappa shape index (κ3) is 4.14. The predicted molar refractivity (Wildman–Crippen MR) is 123 cm³/mol. The number of likely N-dealkylation sites (tertiary alicyclic amines) is 1. The zero-order valence-corrected chi connectivity index (χ0v) is 18.6. The van der Waals surface area contributed by atoms with Gasteiger partial charge in [0.05, 0.1) is 15.8 Å². The molecule has 1 fully saturated rings. The zero-order chi connectivity index (χ0) is 21.1. The van der Waals surface area contributed by atoms with Crippen LogP contribution in [0.15, 0.2) is 29.1 Å². The van der Waals surface area contributed by atoms with E-state index in [0.717, 1.165) is 40.1 Å². The molecule has 30 heavy (non-hydrogen) atoms. The number of benzene rings is 1. The summed E-state index contributed by atoms with van der Waals surface area (Å²) in [6.07, 6.45) is 5.59. The Morgan fingerprint density at radius 3 is 2.67 bits per heavy atom. The third-order valence-corrected chi connectivity index (χ3v) is 7.29. The van der Waals surface area contributed by atoms with Crippen LogP contribution in [0.1, 0.15) is 50.8 Å². The maximum atomic E-state index is 13.3. The van der Waals surface area contributed by atoms with Crippen LogP contribution >= 0.6 is 11.3 Å². The molecular formula is C23H30N4O2S. The summed E-state index contributed by atoms with van der Waals surface area (Å²) < 4.78 is 3.38. The lowest BCUT2D eigenvalue weighted by atomic mass is 10.1. The van der Waals surface area contributed by atoms with Gasteiger partial charge in [0, 0.05) is 23.2 Å². The summed E-state index contributed by atoms with van der Waals surface area (Å²) in [6, 6.07) is 7.33. The summed E-state index contributed by atoms with van der Waals surface area (Å²) in [5.41, 5.74) is 0.615. The molecule has 1 saturated heterocycles. The van der Waals surface area contributed by atoms with E-state index in [4.69, 9.17) is 0 Å². The molecule has 1 N–H and O–H groups in total. The van der Waals surface area contributed by atoms with E-state index >= 15 is 0 Å². The zero-order valence-electron chi connectivity index (χ0n) is 17.8. The van der Waals surface area contributed by atoms with E-state index in [-0.39, 0.29) is 11.5 Å². The van der Waals surface area contributed by atoms with E-state index in [1.54, 1.807) is 11.3 Å². The van der Waals surface area contributed by atoms with Gasteiger partial charge in [0.2, 0.25) is 5.91 Å². The third-order valence-electron chi connectivity index (χ3n) is 6.01. The van der Waals surface area contributed by atoms with Gasteiger partial charge in [-0.25, -0.2) is 4.68 Å². The second kappa shape index (κ2) is 9.27. The Bertz CT molecular complexity index is 1100. The molecule has 0 bridgehead atoms. The van der Waals surface area contributed by atoms with Gasteiger partial charge in [-0.1, -0.05) is 38.0 Å². The molecule has 1 unspecified atom stereocenters. The second-order valence-corrected chi connectivity index (χ2v) is 9.16. The molecule has 3 heterocycles. The Labute approximate surface area is 180 Å². The summed E-state index contributed by atoms with van der Waals surface area (Å²) in [7, 11) is 0.